The van der Waals surface area contributed by atoms with Crippen molar-refractivity contribution in [3.8, 4) is 0 Å². The van der Waals surface area contributed by atoms with E-state index in [0.717, 1.165) is 5.71 Å². The van der Waals surface area contributed by atoms with Gasteiger partial charge >= 0.3 is 0 Å². The largest absolute Gasteiger partial charge is 0.492 e. The maximum Gasteiger partial charge on any atom is 0.187 e. The molecule has 1 aliphatic rings. The summed E-state index contributed by atoms with van der Waals surface area (Å²) in [6.45, 7) is 0. The summed E-state index contributed by atoms with van der Waals surface area (Å²) >= 11 is 0. The third-order valence-electron chi connectivity index (χ3n) is 1.56. The second-order valence-corrected chi connectivity index (χ2v) is 2.17. The van der Waals surface area contributed by atoms with Crippen LogP contribution >= 0.6 is 0 Å². The quantitative estimate of drug-likeness (QED) is 0.577. The normalized spacial score (nSPS) is 18.8. The lowest BCUT2D eigenvalue weighted by molar-refractivity contribution is 0.247. The third-order valence-corrected chi connectivity index (χ3v) is 1.56. The van der Waals surface area contributed by atoms with Crippen LogP contribution in [-0.4, -0.2) is 27.0 Å². The molecule has 64 valence electrons. The van der Waals surface area contributed by atoms with Crippen molar-refractivity contribution < 1.29 is 9.47 Å². The first-order chi connectivity index (χ1) is 5.83. The van der Waals surface area contributed by atoms with Gasteiger partial charge in [-0.15, -0.1) is 5.73 Å². The molecule has 3 heteroatoms. The Kier molecular flexibility index (Phi) is 2.72. The predicted octanol–water partition coefficient (Wildman–Crippen LogP) is 1.29. The lowest BCUT2D eigenvalue weighted by Crippen LogP contribution is -2.08. The number of ether oxygens (including phenoxy) is 2. The predicted molar refractivity (Wildman–Crippen MR) is 47.1 cm³/mol. The highest BCUT2D eigenvalue weighted by atomic mass is 16.5. The van der Waals surface area contributed by atoms with Gasteiger partial charge < -0.3 is 9.47 Å². The molecule has 0 N–H and O–H groups in total. The Morgan fingerprint density at radius 2 is 2.00 bits per heavy atom. The summed E-state index contributed by atoms with van der Waals surface area (Å²) in [6, 6.07) is 0. The molecule has 0 radical (unpaired) electrons. The maximum atomic E-state index is 5.12. The molecule has 0 atom stereocenters. The molecule has 0 fully saturated rings. The minimum absolute atomic E-state index is 0.652. The van der Waals surface area contributed by atoms with E-state index in [-0.39, 0.29) is 0 Å². The van der Waals surface area contributed by atoms with Gasteiger partial charge in [-0.05, 0) is 0 Å². The van der Waals surface area contributed by atoms with Crippen LogP contribution in [0.15, 0.2) is 34.4 Å². The van der Waals surface area contributed by atoms with Crippen molar-refractivity contribution in [2.24, 2.45) is 4.99 Å². The van der Waals surface area contributed by atoms with Crippen LogP contribution in [0.2, 0.25) is 0 Å². The van der Waals surface area contributed by atoms with E-state index >= 15 is 0 Å². The van der Waals surface area contributed by atoms with Crippen LogP contribution in [0.4, 0.5) is 0 Å². The first-order valence-electron chi connectivity index (χ1n) is 3.55. The number of methoxy groups -OCH3 is 2. The molecule has 0 saturated carbocycles. The van der Waals surface area contributed by atoms with Crippen LogP contribution in [0, 0.1) is 0 Å². The first kappa shape index (κ1) is 8.62. The number of allylic oxidation sites excluding steroid dienone is 2. The van der Waals surface area contributed by atoms with Crippen LogP contribution in [0.3, 0.4) is 0 Å². The van der Waals surface area contributed by atoms with E-state index in [4.69, 9.17) is 9.47 Å². The Morgan fingerprint density at radius 3 is 2.50 bits per heavy atom. The standard InChI is InChI=1S/C9H11NO2/c1-10-7-5-4-6-8(11-2)9(7)12-3/h5-6H,1-3H3/b10-7+. The fourth-order valence-electron chi connectivity index (χ4n) is 0.976. The smallest absolute Gasteiger partial charge is 0.187 e. The summed E-state index contributed by atoms with van der Waals surface area (Å²) < 4.78 is 10.2. The van der Waals surface area contributed by atoms with Crippen molar-refractivity contribution in [1.82, 2.24) is 0 Å². The zero-order chi connectivity index (χ0) is 8.97. The summed E-state index contributed by atoms with van der Waals surface area (Å²) in [6.07, 6.45) is 3.47. The van der Waals surface area contributed by atoms with Gasteiger partial charge in [0.15, 0.2) is 11.5 Å². The van der Waals surface area contributed by atoms with Crippen molar-refractivity contribution in [3.05, 3.63) is 29.4 Å². The summed E-state index contributed by atoms with van der Waals surface area (Å²) in [5.74, 6) is 1.30. The highest BCUT2D eigenvalue weighted by Crippen LogP contribution is 2.13. The number of hydrogen-bond acceptors (Lipinski definition) is 3. The summed E-state index contributed by atoms with van der Waals surface area (Å²) in [5, 5.41) is 0. The van der Waals surface area contributed by atoms with Gasteiger partial charge in [0.25, 0.3) is 0 Å². The van der Waals surface area contributed by atoms with Gasteiger partial charge in [-0.25, -0.2) is 0 Å². The number of nitrogens with zero attached hydrogens (tertiary/aromatic N) is 1. The van der Waals surface area contributed by atoms with E-state index in [1.54, 1.807) is 33.4 Å². The second kappa shape index (κ2) is 3.79. The molecule has 0 saturated heterocycles. The van der Waals surface area contributed by atoms with Gasteiger partial charge in [-0.2, -0.15) is 0 Å². The van der Waals surface area contributed by atoms with Crippen LogP contribution in [0.5, 0.6) is 0 Å². The molecule has 0 aliphatic heterocycles. The van der Waals surface area contributed by atoms with Crippen LogP contribution in [0.1, 0.15) is 0 Å². The molecular weight excluding hydrogens is 154 g/mol. The molecule has 3 nitrogen and oxygen atoms in total. The Balaban J connectivity index is 3.13. The molecule has 12 heavy (non-hydrogen) atoms. The fourth-order valence-corrected chi connectivity index (χ4v) is 0.976. The highest BCUT2D eigenvalue weighted by molar-refractivity contribution is 6.08. The zero-order valence-corrected chi connectivity index (χ0v) is 7.42. The van der Waals surface area contributed by atoms with Gasteiger partial charge in [0.1, 0.15) is 5.71 Å². The molecule has 0 heterocycles. The van der Waals surface area contributed by atoms with Crippen LogP contribution < -0.4 is 0 Å². The molecule has 0 spiro atoms. The Bertz CT molecular complexity index is 294. The molecule has 0 aromatic carbocycles. The fraction of sp³-hybridized carbons (Fsp3) is 0.333. The Morgan fingerprint density at radius 1 is 1.25 bits per heavy atom. The molecular formula is C9H11NO2. The van der Waals surface area contributed by atoms with Crippen LogP contribution in [-0.2, 0) is 9.47 Å². The van der Waals surface area contributed by atoms with Crippen molar-refractivity contribution in [3.63, 3.8) is 0 Å². The van der Waals surface area contributed by atoms with Gasteiger partial charge in [0.05, 0.1) is 14.2 Å². The zero-order valence-electron chi connectivity index (χ0n) is 7.42. The lowest BCUT2D eigenvalue weighted by Gasteiger charge is -2.11. The summed E-state index contributed by atoms with van der Waals surface area (Å²) in [7, 11) is 4.88. The third kappa shape index (κ3) is 1.41. The number of rotatable bonds is 2. The molecule has 0 bridgehead atoms. The minimum atomic E-state index is 0.652. The van der Waals surface area contributed by atoms with Crippen LogP contribution in [0.25, 0.3) is 0 Å². The van der Waals surface area contributed by atoms with Gasteiger partial charge in [0, 0.05) is 19.2 Å². The van der Waals surface area contributed by atoms with Gasteiger partial charge in [-0.1, -0.05) is 0 Å². The van der Waals surface area contributed by atoms with Crippen molar-refractivity contribution in [2.45, 2.75) is 0 Å². The molecule has 0 amide bonds. The van der Waals surface area contributed by atoms with E-state index in [0.29, 0.717) is 11.5 Å². The molecule has 0 aromatic heterocycles. The lowest BCUT2D eigenvalue weighted by atomic mass is 10.2. The van der Waals surface area contributed by atoms with E-state index in [1.807, 2.05) is 0 Å². The highest BCUT2D eigenvalue weighted by Gasteiger charge is 2.12. The van der Waals surface area contributed by atoms with Crippen molar-refractivity contribution in [2.75, 3.05) is 21.3 Å². The molecule has 0 aromatic rings. The van der Waals surface area contributed by atoms with E-state index in [9.17, 15) is 0 Å². The average Bonchev–Trinajstić information content (AvgIpc) is 2.16. The molecule has 1 aliphatic carbocycles. The van der Waals surface area contributed by atoms with Crippen molar-refractivity contribution in [1.29, 1.82) is 0 Å². The second-order valence-electron chi connectivity index (χ2n) is 2.17. The molecule has 0 unspecified atom stereocenters. The summed E-state index contributed by atoms with van der Waals surface area (Å²) in [4.78, 5) is 4.01. The van der Waals surface area contributed by atoms with Gasteiger partial charge in [0.2, 0.25) is 0 Å². The minimum Gasteiger partial charge on any atom is -0.492 e. The monoisotopic (exact) mass is 165 g/mol. The SMILES string of the molecule is C/N=C1\C=C=CC(OC)=C1OC. The van der Waals surface area contributed by atoms with E-state index in [2.05, 4.69) is 10.7 Å². The molecule has 1 rings (SSSR count). The number of aliphatic imine (C=N–C) groups is 1. The first-order valence-corrected chi connectivity index (χ1v) is 3.55. The average molecular weight is 165 g/mol. The van der Waals surface area contributed by atoms with Crippen molar-refractivity contribution >= 4 is 5.71 Å². The Hall–Kier alpha value is -1.47. The Labute approximate surface area is 71.7 Å². The van der Waals surface area contributed by atoms with E-state index in [1.165, 1.54) is 0 Å². The maximum absolute atomic E-state index is 5.12. The summed E-state index contributed by atoms with van der Waals surface area (Å²) in [5.41, 5.74) is 3.65. The topological polar surface area (TPSA) is 30.8 Å². The number of hydrogen-bond donors (Lipinski definition) is 0. The van der Waals surface area contributed by atoms with E-state index < -0.39 is 0 Å². The van der Waals surface area contributed by atoms with Gasteiger partial charge in [-0.3, -0.25) is 4.99 Å².